The number of amides is 1. The van der Waals surface area contributed by atoms with E-state index in [9.17, 15) is 4.79 Å². The average Bonchev–Trinajstić information content (AvgIpc) is 3.39. The van der Waals surface area contributed by atoms with Gasteiger partial charge in [-0.1, -0.05) is 31.1 Å². The van der Waals surface area contributed by atoms with E-state index in [-0.39, 0.29) is 17.9 Å². The van der Waals surface area contributed by atoms with Gasteiger partial charge in [0.1, 0.15) is 11.0 Å². The van der Waals surface area contributed by atoms with Crippen LogP contribution in [0.15, 0.2) is 53.3 Å². The number of hydrogen-bond donors (Lipinski definition) is 1. The van der Waals surface area contributed by atoms with Crippen molar-refractivity contribution in [3.8, 4) is 11.4 Å². The van der Waals surface area contributed by atoms with E-state index in [4.69, 9.17) is 4.52 Å². The zero-order valence-corrected chi connectivity index (χ0v) is 18.2. The van der Waals surface area contributed by atoms with Crippen molar-refractivity contribution in [2.45, 2.75) is 25.6 Å². The van der Waals surface area contributed by atoms with E-state index >= 15 is 0 Å². The van der Waals surface area contributed by atoms with E-state index in [1.54, 1.807) is 35.5 Å². The number of fused-ring (bicyclic) bond motifs is 1. The Balaban J connectivity index is 1.35. The number of pyridine rings is 1. The highest BCUT2D eigenvalue weighted by Crippen LogP contribution is 2.26. The van der Waals surface area contributed by atoms with Crippen LogP contribution in [0.4, 0.5) is 0 Å². The Hall–Kier alpha value is -2.78. The summed E-state index contributed by atoms with van der Waals surface area (Å²) < 4.78 is 6.60. The lowest BCUT2D eigenvalue weighted by Crippen LogP contribution is -2.33. The lowest BCUT2D eigenvalue weighted by Gasteiger charge is -2.18. The molecular weight excluding hydrogens is 418 g/mol. The summed E-state index contributed by atoms with van der Waals surface area (Å²) in [5, 5.41) is 8.07. The second kappa shape index (κ2) is 9.36. The fraction of sp³-hybridized carbons (Fsp3) is 0.286. The number of carbonyl (C=O) groups is 1. The van der Waals surface area contributed by atoms with Gasteiger partial charge in [0.05, 0.1) is 16.0 Å². The van der Waals surface area contributed by atoms with Crippen LogP contribution in [0.1, 0.15) is 30.8 Å². The van der Waals surface area contributed by atoms with Crippen LogP contribution in [0, 0.1) is 5.92 Å². The van der Waals surface area contributed by atoms with E-state index in [2.05, 4.69) is 31.5 Å². The number of hydrogen-bond acceptors (Lipinski definition) is 8. The first kappa shape index (κ1) is 20.5. The number of para-hydroxylation sites is 1. The second-order valence-electron chi connectivity index (χ2n) is 7.06. The Morgan fingerprint density at radius 2 is 2.07 bits per heavy atom. The summed E-state index contributed by atoms with van der Waals surface area (Å²) in [6.07, 6.45) is 3.36. The number of aromatic nitrogens is 4. The standard InChI is InChI=1S/C21H21N5O2S2/c1-13(2)19(21-25-20(26-28-21)14-6-5-9-22-10-14)24-17(27)11-29-12-18-23-15-7-3-4-8-16(15)30-18/h3-10,13,19H,11-12H2,1-2H3,(H,24,27). The first-order valence-corrected chi connectivity index (χ1v) is 11.5. The predicted molar refractivity (Wildman–Crippen MR) is 119 cm³/mol. The van der Waals surface area contributed by atoms with Gasteiger partial charge in [0.2, 0.25) is 17.6 Å². The molecule has 1 N–H and O–H groups in total. The second-order valence-corrected chi connectivity index (χ2v) is 9.16. The van der Waals surface area contributed by atoms with Crippen LogP contribution in [0.25, 0.3) is 21.6 Å². The molecule has 0 aliphatic heterocycles. The number of benzene rings is 1. The predicted octanol–water partition coefficient (Wildman–Crippen LogP) is 4.49. The number of thiazole rings is 1. The molecule has 9 heteroatoms. The van der Waals surface area contributed by atoms with E-state index in [0.717, 1.165) is 16.1 Å². The van der Waals surface area contributed by atoms with Crippen LogP contribution in [-0.2, 0) is 10.5 Å². The first-order chi connectivity index (χ1) is 14.6. The van der Waals surface area contributed by atoms with Crippen molar-refractivity contribution in [1.82, 2.24) is 25.4 Å². The Bertz CT molecular complexity index is 1090. The Labute approximate surface area is 182 Å². The van der Waals surface area contributed by atoms with Crippen molar-refractivity contribution in [3.05, 3.63) is 59.7 Å². The minimum atomic E-state index is -0.349. The minimum absolute atomic E-state index is 0.0686. The van der Waals surface area contributed by atoms with Crippen LogP contribution in [0.5, 0.6) is 0 Å². The van der Waals surface area contributed by atoms with Gasteiger partial charge in [0.15, 0.2) is 0 Å². The fourth-order valence-corrected chi connectivity index (χ4v) is 4.77. The maximum Gasteiger partial charge on any atom is 0.249 e. The zero-order chi connectivity index (χ0) is 20.9. The van der Waals surface area contributed by atoms with E-state index < -0.39 is 0 Å². The largest absolute Gasteiger partial charge is 0.343 e. The minimum Gasteiger partial charge on any atom is -0.343 e. The van der Waals surface area contributed by atoms with Gasteiger partial charge in [0, 0.05) is 23.7 Å². The van der Waals surface area contributed by atoms with Gasteiger partial charge in [-0.05, 0) is 30.2 Å². The van der Waals surface area contributed by atoms with Gasteiger partial charge >= 0.3 is 0 Å². The molecule has 1 amide bonds. The van der Waals surface area contributed by atoms with Gasteiger partial charge in [-0.3, -0.25) is 9.78 Å². The number of carbonyl (C=O) groups excluding carboxylic acids is 1. The van der Waals surface area contributed by atoms with Crippen LogP contribution < -0.4 is 5.32 Å². The van der Waals surface area contributed by atoms with Crippen molar-refractivity contribution in [2.75, 3.05) is 5.75 Å². The molecule has 7 nitrogen and oxygen atoms in total. The van der Waals surface area contributed by atoms with Crippen LogP contribution >= 0.6 is 23.1 Å². The molecule has 3 aromatic heterocycles. The van der Waals surface area contributed by atoms with Crippen molar-refractivity contribution in [1.29, 1.82) is 0 Å². The molecule has 1 atom stereocenters. The summed E-state index contributed by atoms with van der Waals surface area (Å²) in [6.45, 7) is 4.01. The fourth-order valence-electron chi connectivity index (χ4n) is 2.92. The Morgan fingerprint density at radius 1 is 1.20 bits per heavy atom. The Morgan fingerprint density at radius 3 is 2.83 bits per heavy atom. The molecule has 0 spiro atoms. The number of nitrogens with zero attached hydrogens (tertiary/aromatic N) is 4. The van der Waals surface area contributed by atoms with Gasteiger partial charge in [0.25, 0.3) is 0 Å². The molecule has 1 unspecified atom stereocenters. The summed E-state index contributed by atoms with van der Waals surface area (Å²) in [5.74, 6) is 1.93. The average molecular weight is 440 g/mol. The smallest absolute Gasteiger partial charge is 0.249 e. The van der Waals surface area contributed by atoms with Gasteiger partial charge in [-0.2, -0.15) is 4.98 Å². The van der Waals surface area contributed by atoms with Crippen molar-refractivity contribution in [2.24, 2.45) is 5.92 Å². The molecule has 154 valence electrons. The molecule has 0 aliphatic carbocycles. The molecule has 3 heterocycles. The van der Waals surface area contributed by atoms with E-state index in [1.807, 2.05) is 44.2 Å². The molecule has 4 aromatic rings. The highest BCUT2D eigenvalue weighted by molar-refractivity contribution is 7.99. The Kier molecular flexibility index (Phi) is 6.39. The third-order valence-electron chi connectivity index (χ3n) is 4.41. The quantitative estimate of drug-likeness (QED) is 0.432. The molecule has 0 radical (unpaired) electrons. The normalized spacial score (nSPS) is 12.4. The lowest BCUT2D eigenvalue weighted by molar-refractivity contribution is -0.119. The van der Waals surface area contributed by atoms with Crippen molar-refractivity contribution < 1.29 is 9.32 Å². The topological polar surface area (TPSA) is 93.8 Å². The summed E-state index contributed by atoms with van der Waals surface area (Å²) in [5.41, 5.74) is 1.77. The lowest BCUT2D eigenvalue weighted by atomic mass is 10.0. The molecule has 0 aliphatic rings. The van der Waals surface area contributed by atoms with Gasteiger partial charge < -0.3 is 9.84 Å². The highest BCUT2D eigenvalue weighted by Gasteiger charge is 2.25. The maximum absolute atomic E-state index is 12.5. The third-order valence-corrected chi connectivity index (χ3v) is 6.57. The summed E-state index contributed by atoms with van der Waals surface area (Å²) >= 11 is 3.20. The number of nitrogens with one attached hydrogen (secondary N) is 1. The molecule has 0 saturated heterocycles. The first-order valence-electron chi connectivity index (χ1n) is 9.55. The van der Waals surface area contributed by atoms with Crippen molar-refractivity contribution in [3.63, 3.8) is 0 Å². The third kappa shape index (κ3) is 4.85. The maximum atomic E-state index is 12.5. The molecule has 4 rings (SSSR count). The van der Waals surface area contributed by atoms with Crippen LogP contribution in [0.2, 0.25) is 0 Å². The summed E-state index contributed by atoms with van der Waals surface area (Å²) in [6, 6.07) is 11.4. The molecule has 1 aromatic carbocycles. The van der Waals surface area contributed by atoms with E-state index in [1.165, 1.54) is 4.70 Å². The summed E-state index contributed by atoms with van der Waals surface area (Å²) in [7, 11) is 0. The number of thioether (sulfide) groups is 1. The molecule has 30 heavy (non-hydrogen) atoms. The summed E-state index contributed by atoms with van der Waals surface area (Å²) in [4.78, 5) is 25.7. The molecule has 0 fully saturated rings. The number of rotatable bonds is 8. The molecule has 0 bridgehead atoms. The van der Waals surface area contributed by atoms with E-state index in [0.29, 0.717) is 23.2 Å². The highest BCUT2D eigenvalue weighted by atomic mass is 32.2. The van der Waals surface area contributed by atoms with Gasteiger partial charge in [-0.25, -0.2) is 4.98 Å². The van der Waals surface area contributed by atoms with Crippen LogP contribution in [-0.4, -0.2) is 31.8 Å². The van der Waals surface area contributed by atoms with Crippen LogP contribution in [0.3, 0.4) is 0 Å². The molecular formula is C21H21N5O2S2. The monoisotopic (exact) mass is 439 g/mol. The SMILES string of the molecule is CC(C)C(NC(=O)CSCc1nc2ccccc2s1)c1nc(-c2cccnc2)no1. The zero-order valence-electron chi connectivity index (χ0n) is 16.6. The van der Waals surface area contributed by atoms with Crippen molar-refractivity contribution >= 4 is 39.2 Å². The van der Waals surface area contributed by atoms with Gasteiger partial charge in [-0.15, -0.1) is 23.1 Å². The molecule has 0 saturated carbocycles.